The molecule has 0 aliphatic heterocycles. The maximum Gasteiger partial charge on any atom is 0.251 e. The zero-order valence-corrected chi connectivity index (χ0v) is 10.6. The number of carbonyl (C=O) groups excluding carboxylic acids is 1. The number of nitrogens with one attached hydrogen (secondary N) is 1. The zero-order valence-electron chi connectivity index (χ0n) is 10.6. The van der Waals surface area contributed by atoms with E-state index in [0.717, 1.165) is 12.1 Å². The molecule has 0 saturated heterocycles. The third-order valence-corrected chi connectivity index (χ3v) is 2.78. The Balaban J connectivity index is 1.86. The summed E-state index contributed by atoms with van der Waals surface area (Å²) in [7, 11) is 0. The number of halogens is 2. The normalized spacial score (nSPS) is 10.5. The molecule has 7 heteroatoms. The van der Waals surface area contributed by atoms with E-state index >= 15 is 0 Å². The Morgan fingerprint density at radius 2 is 2.05 bits per heavy atom. The monoisotopic (exact) mass is 280 g/mol. The van der Waals surface area contributed by atoms with Crippen molar-refractivity contribution in [2.75, 3.05) is 12.3 Å². The standard InChI is InChI=1S/C13H14F2N4O/c14-10-6-9(7-11(15)12(10)16)13(20)18-2-1-4-19-5-3-17-8-19/h3,5-8H,1-2,4,16H2,(H,18,20). The molecule has 0 saturated carbocycles. The van der Waals surface area contributed by atoms with Crippen LogP contribution in [0.2, 0.25) is 0 Å². The van der Waals surface area contributed by atoms with E-state index < -0.39 is 23.2 Å². The molecule has 0 aliphatic rings. The molecular weight excluding hydrogens is 266 g/mol. The van der Waals surface area contributed by atoms with Gasteiger partial charge in [0.1, 0.15) is 17.3 Å². The van der Waals surface area contributed by atoms with Crippen LogP contribution in [0.1, 0.15) is 16.8 Å². The van der Waals surface area contributed by atoms with E-state index in [-0.39, 0.29) is 5.56 Å². The molecule has 0 bridgehead atoms. The lowest BCUT2D eigenvalue weighted by atomic mass is 10.1. The third-order valence-electron chi connectivity index (χ3n) is 2.78. The zero-order chi connectivity index (χ0) is 14.5. The summed E-state index contributed by atoms with van der Waals surface area (Å²) in [5.74, 6) is -2.41. The number of aryl methyl sites for hydroxylation is 1. The molecule has 20 heavy (non-hydrogen) atoms. The molecular formula is C13H14F2N4O. The maximum absolute atomic E-state index is 13.2. The minimum Gasteiger partial charge on any atom is -0.394 e. The van der Waals surface area contributed by atoms with Crippen LogP contribution in [-0.4, -0.2) is 22.0 Å². The van der Waals surface area contributed by atoms with E-state index in [4.69, 9.17) is 5.73 Å². The molecule has 5 nitrogen and oxygen atoms in total. The summed E-state index contributed by atoms with van der Waals surface area (Å²) in [4.78, 5) is 15.6. The second kappa shape index (κ2) is 6.14. The molecule has 1 heterocycles. The van der Waals surface area contributed by atoms with E-state index in [1.54, 1.807) is 12.5 Å². The van der Waals surface area contributed by atoms with Gasteiger partial charge in [-0.05, 0) is 18.6 Å². The first kappa shape index (κ1) is 14.0. The van der Waals surface area contributed by atoms with Gasteiger partial charge in [0.15, 0.2) is 0 Å². The number of nitrogen functional groups attached to an aromatic ring is 1. The van der Waals surface area contributed by atoms with E-state index in [0.29, 0.717) is 19.5 Å². The molecule has 1 amide bonds. The Labute approximate surface area is 114 Å². The third kappa shape index (κ3) is 3.31. The number of benzene rings is 1. The van der Waals surface area contributed by atoms with Gasteiger partial charge >= 0.3 is 0 Å². The number of anilines is 1. The fourth-order valence-electron chi connectivity index (χ4n) is 1.70. The Bertz CT molecular complexity index is 575. The lowest BCUT2D eigenvalue weighted by Gasteiger charge is -2.07. The summed E-state index contributed by atoms with van der Waals surface area (Å²) in [6, 6.07) is 1.84. The average Bonchev–Trinajstić information content (AvgIpc) is 2.93. The van der Waals surface area contributed by atoms with Crippen molar-refractivity contribution in [3.05, 3.63) is 48.1 Å². The van der Waals surface area contributed by atoms with E-state index in [1.165, 1.54) is 0 Å². The number of amides is 1. The molecule has 1 aromatic carbocycles. The number of hydrogen-bond acceptors (Lipinski definition) is 3. The highest BCUT2D eigenvalue weighted by Crippen LogP contribution is 2.17. The van der Waals surface area contributed by atoms with Crippen LogP contribution in [-0.2, 0) is 6.54 Å². The highest BCUT2D eigenvalue weighted by molar-refractivity contribution is 5.94. The minimum absolute atomic E-state index is 0.0863. The van der Waals surface area contributed by atoms with Crippen LogP contribution in [0.3, 0.4) is 0 Å². The van der Waals surface area contributed by atoms with Crippen LogP contribution in [0.25, 0.3) is 0 Å². The fraction of sp³-hybridized carbons (Fsp3) is 0.231. The summed E-state index contributed by atoms with van der Waals surface area (Å²) in [6.07, 6.45) is 5.83. The van der Waals surface area contributed by atoms with Crippen molar-refractivity contribution < 1.29 is 13.6 Å². The molecule has 1 aromatic heterocycles. The Hall–Kier alpha value is -2.44. The molecule has 106 valence electrons. The van der Waals surface area contributed by atoms with Gasteiger partial charge in [0.05, 0.1) is 6.33 Å². The lowest BCUT2D eigenvalue weighted by Crippen LogP contribution is -2.25. The van der Waals surface area contributed by atoms with Gasteiger partial charge < -0.3 is 15.6 Å². The molecule has 0 fully saturated rings. The largest absolute Gasteiger partial charge is 0.394 e. The number of nitrogens with zero attached hydrogens (tertiary/aromatic N) is 2. The average molecular weight is 280 g/mol. The topological polar surface area (TPSA) is 72.9 Å². The van der Waals surface area contributed by atoms with Gasteiger partial charge in [-0.2, -0.15) is 0 Å². The van der Waals surface area contributed by atoms with E-state index in [1.807, 2.05) is 10.8 Å². The second-order valence-electron chi connectivity index (χ2n) is 4.26. The predicted molar refractivity (Wildman–Crippen MR) is 69.9 cm³/mol. The summed E-state index contributed by atoms with van der Waals surface area (Å²) in [6.45, 7) is 1.09. The van der Waals surface area contributed by atoms with Gasteiger partial charge in [0.2, 0.25) is 0 Å². The van der Waals surface area contributed by atoms with Crippen LogP contribution < -0.4 is 11.1 Å². The number of rotatable bonds is 5. The van der Waals surface area contributed by atoms with Crippen LogP contribution >= 0.6 is 0 Å². The number of imidazole rings is 1. The van der Waals surface area contributed by atoms with Crippen molar-refractivity contribution in [3.63, 3.8) is 0 Å². The van der Waals surface area contributed by atoms with Gasteiger partial charge in [0.25, 0.3) is 5.91 Å². The lowest BCUT2D eigenvalue weighted by molar-refractivity contribution is 0.0952. The number of nitrogens with two attached hydrogens (primary N) is 1. The quantitative estimate of drug-likeness (QED) is 0.645. The minimum atomic E-state index is -0.937. The molecule has 2 aromatic rings. The van der Waals surface area contributed by atoms with Gasteiger partial charge in [0, 0.05) is 31.0 Å². The molecule has 0 unspecified atom stereocenters. The van der Waals surface area contributed by atoms with Gasteiger partial charge in [-0.15, -0.1) is 0 Å². The molecule has 0 radical (unpaired) electrons. The van der Waals surface area contributed by atoms with E-state index in [2.05, 4.69) is 10.3 Å². The van der Waals surface area contributed by atoms with Crippen LogP contribution in [0.5, 0.6) is 0 Å². The highest BCUT2D eigenvalue weighted by Gasteiger charge is 2.12. The fourth-order valence-corrected chi connectivity index (χ4v) is 1.70. The maximum atomic E-state index is 13.2. The van der Waals surface area contributed by atoms with Gasteiger partial charge in [-0.3, -0.25) is 4.79 Å². The molecule has 2 rings (SSSR count). The summed E-state index contributed by atoms with van der Waals surface area (Å²) < 4.78 is 28.3. The summed E-state index contributed by atoms with van der Waals surface area (Å²) in [5.41, 5.74) is 4.47. The van der Waals surface area contributed by atoms with Crippen molar-refractivity contribution >= 4 is 11.6 Å². The molecule has 0 spiro atoms. The van der Waals surface area contributed by atoms with Gasteiger partial charge in [-0.1, -0.05) is 0 Å². The summed E-state index contributed by atoms with van der Waals surface area (Å²) >= 11 is 0. The van der Waals surface area contributed by atoms with Crippen molar-refractivity contribution in [1.29, 1.82) is 0 Å². The second-order valence-corrected chi connectivity index (χ2v) is 4.26. The summed E-state index contributed by atoms with van der Waals surface area (Å²) in [5, 5.41) is 2.59. The van der Waals surface area contributed by atoms with Crippen LogP contribution in [0, 0.1) is 11.6 Å². The molecule has 0 aliphatic carbocycles. The van der Waals surface area contributed by atoms with Crippen LogP contribution in [0.4, 0.5) is 14.5 Å². The Morgan fingerprint density at radius 1 is 1.35 bits per heavy atom. The van der Waals surface area contributed by atoms with Crippen molar-refractivity contribution in [1.82, 2.24) is 14.9 Å². The highest BCUT2D eigenvalue weighted by atomic mass is 19.1. The SMILES string of the molecule is Nc1c(F)cc(C(=O)NCCCn2ccnc2)cc1F. The van der Waals surface area contributed by atoms with Crippen molar-refractivity contribution in [3.8, 4) is 0 Å². The first-order chi connectivity index (χ1) is 9.58. The predicted octanol–water partition coefficient (Wildman–Crippen LogP) is 1.56. The Morgan fingerprint density at radius 3 is 2.65 bits per heavy atom. The number of hydrogen-bond donors (Lipinski definition) is 2. The first-order valence-electron chi connectivity index (χ1n) is 6.06. The van der Waals surface area contributed by atoms with Gasteiger partial charge in [-0.25, -0.2) is 13.8 Å². The smallest absolute Gasteiger partial charge is 0.251 e. The number of aromatic nitrogens is 2. The van der Waals surface area contributed by atoms with E-state index in [9.17, 15) is 13.6 Å². The van der Waals surface area contributed by atoms with Crippen LogP contribution in [0.15, 0.2) is 30.9 Å². The van der Waals surface area contributed by atoms with Crippen molar-refractivity contribution in [2.45, 2.75) is 13.0 Å². The Kier molecular flexibility index (Phi) is 4.29. The molecule has 3 N–H and O–H groups in total. The first-order valence-corrected chi connectivity index (χ1v) is 6.06. The molecule has 0 atom stereocenters. The van der Waals surface area contributed by atoms with Crippen molar-refractivity contribution in [2.24, 2.45) is 0 Å². The number of carbonyl (C=O) groups is 1.